The lowest BCUT2D eigenvalue weighted by molar-refractivity contribution is 0.568. The van der Waals surface area contributed by atoms with Crippen LogP contribution in [0.5, 0.6) is 0 Å². The molecule has 0 aliphatic carbocycles. The summed E-state index contributed by atoms with van der Waals surface area (Å²) in [5.41, 5.74) is 21.9. The molecule has 0 bridgehead atoms. The summed E-state index contributed by atoms with van der Waals surface area (Å²) in [7, 11) is 0. The highest BCUT2D eigenvalue weighted by Gasteiger charge is 2.29. The van der Waals surface area contributed by atoms with Crippen molar-refractivity contribution in [2.45, 2.75) is 105 Å². The Balaban J connectivity index is 0.926. The van der Waals surface area contributed by atoms with E-state index < -0.39 is 0 Å². The van der Waals surface area contributed by atoms with E-state index in [4.69, 9.17) is 51.4 Å². The summed E-state index contributed by atoms with van der Waals surface area (Å²) in [5, 5.41) is 4.12. The van der Waals surface area contributed by atoms with Crippen molar-refractivity contribution in [3.63, 3.8) is 0 Å². The largest absolute Gasteiger partial charge is 0.309 e. The molecular formula is C104H86N12. The van der Waals surface area contributed by atoms with Gasteiger partial charge in [-0.15, -0.1) is 0 Å². The molecular weight excluding hydrogens is 1420 g/mol. The lowest BCUT2D eigenvalue weighted by atomic mass is 9.79. The van der Waals surface area contributed by atoms with Crippen molar-refractivity contribution in [1.29, 1.82) is 0 Å². The number of benzene rings is 13. The van der Waals surface area contributed by atoms with Gasteiger partial charge in [-0.1, -0.05) is 283 Å². The molecule has 0 spiro atoms. The lowest BCUT2D eigenvalue weighted by Crippen LogP contribution is -2.17. The Labute approximate surface area is 677 Å². The third-order valence-corrected chi connectivity index (χ3v) is 22.1. The third kappa shape index (κ3) is 14.1. The van der Waals surface area contributed by atoms with E-state index in [-0.39, 0.29) is 21.7 Å². The van der Waals surface area contributed by atoms with Gasteiger partial charge in [0.15, 0.2) is 58.1 Å². The third-order valence-electron chi connectivity index (χ3n) is 22.1. The van der Waals surface area contributed by atoms with E-state index in [1.54, 1.807) is 0 Å². The lowest BCUT2D eigenvalue weighted by Gasteiger charge is -2.26. The van der Waals surface area contributed by atoms with Crippen LogP contribution in [0.3, 0.4) is 0 Å². The van der Waals surface area contributed by atoms with Crippen molar-refractivity contribution >= 4 is 49.3 Å². The molecule has 116 heavy (non-hydrogen) atoms. The Morgan fingerprint density at radius 1 is 0.216 bits per heavy atom. The zero-order valence-electron chi connectivity index (χ0n) is 67.2. The van der Waals surface area contributed by atoms with Crippen LogP contribution in [-0.4, -0.2) is 54.0 Å². The second-order valence-electron chi connectivity index (χ2n) is 34.3. The first-order valence-corrected chi connectivity index (χ1v) is 39.6. The first kappa shape index (κ1) is 73.5. The smallest absolute Gasteiger partial charge is 0.187 e. The Kier molecular flexibility index (Phi) is 18.3. The predicted octanol–water partition coefficient (Wildman–Crippen LogP) is 26.5. The molecule has 5 aromatic heterocycles. The van der Waals surface area contributed by atoms with E-state index in [2.05, 4.69) is 267 Å². The number of hydrogen-bond acceptors (Lipinski definition) is 9. The second-order valence-corrected chi connectivity index (χ2v) is 34.3. The van der Waals surface area contributed by atoms with Crippen LogP contribution < -0.4 is 0 Å². The minimum atomic E-state index is -0.196. The van der Waals surface area contributed by atoms with E-state index in [1.165, 1.54) is 22.3 Å². The van der Waals surface area contributed by atoms with Crippen molar-refractivity contribution < 1.29 is 0 Å². The van der Waals surface area contributed by atoms with Gasteiger partial charge in [-0.2, -0.15) is 0 Å². The second kappa shape index (κ2) is 28.9. The minimum Gasteiger partial charge on any atom is -0.309 e. The van der Waals surface area contributed by atoms with Gasteiger partial charge >= 0.3 is 0 Å². The van der Waals surface area contributed by atoms with Crippen molar-refractivity contribution in [1.82, 2.24) is 54.0 Å². The summed E-state index contributed by atoms with van der Waals surface area (Å²) in [6.07, 6.45) is 0. The summed E-state index contributed by atoms with van der Waals surface area (Å²) < 4.78 is 4.82. The van der Waals surface area contributed by atoms with Gasteiger partial charge in [-0.3, -0.25) is 0 Å². The Morgan fingerprint density at radius 3 is 0.802 bits per heavy atom. The van der Waals surface area contributed by atoms with E-state index in [0.717, 1.165) is 127 Å². The molecule has 0 aliphatic rings. The minimum absolute atomic E-state index is 0.196. The fourth-order valence-corrected chi connectivity index (χ4v) is 15.6. The summed E-state index contributed by atoms with van der Waals surface area (Å²) in [4.78, 5) is 52.1. The molecule has 12 heteroatoms. The highest BCUT2D eigenvalue weighted by atomic mass is 15.1. The molecule has 5 heterocycles. The average Bonchev–Trinajstić information content (AvgIpc) is 1.57. The van der Waals surface area contributed by atoms with Crippen molar-refractivity contribution in [2.24, 2.45) is 0 Å². The number of fused-ring (bicyclic) bond motifs is 6. The Hall–Kier alpha value is -14.0. The maximum Gasteiger partial charge on any atom is 0.187 e. The quantitative estimate of drug-likeness (QED) is 0.104. The van der Waals surface area contributed by atoms with Crippen LogP contribution in [0.1, 0.15) is 105 Å². The summed E-state index contributed by atoms with van der Waals surface area (Å²) in [5.74, 6) is 5.14. The molecule has 0 unspecified atom stereocenters. The van der Waals surface area contributed by atoms with Gasteiger partial charge in [0.2, 0.25) is 0 Å². The van der Waals surface area contributed by atoms with Gasteiger partial charge in [-0.25, -0.2) is 49.7 Å². The Bertz CT molecular complexity index is 6630. The van der Waals surface area contributed by atoms with Crippen molar-refractivity contribution in [2.75, 3.05) is 0 Å². The zero-order chi connectivity index (χ0) is 79.9. The summed E-state index contributed by atoms with van der Waals surface area (Å²) in [6.45, 7) is 35.3. The van der Waals surface area contributed by atoms with Gasteiger partial charge in [0.1, 0.15) is 0 Å². The van der Waals surface area contributed by atoms with E-state index in [9.17, 15) is 0 Å². The SMILES string of the molecule is [C-]#[N+]c1ccc(-c2ccc(-n3c4ccccc4c4cc(-c5nc(-c6ccccc6)nc(-c6ccccc6)n5)ccc43)c(-c3cc(-c4nc(-c5cc(C(C)(C)C)cc(C(C)(C)C)c5)nc(-c5cc(C(C)(C)C)cc(C(C)(C)C)c5)n4)ccc3-n3c4ccccc4c4cc(-c5nc(-c6ccccc6)nc(-c6ccccc6)n5)ccc43)c2)cc1. The van der Waals surface area contributed by atoms with Crippen LogP contribution >= 0.6 is 0 Å². The molecule has 18 rings (SSSR count). The molecule has 0 saturated carbocycles. The molecule has 0 N–H and O–H groups in total. The molecule has 13 aromatic carbocycles. The van der Waals surface area contributed by atoms with Gasteiger partial charge in [0, 0.05) is 82.7 Å². The molecule has 0 atom stereocenters. The van der Waals surface area contributed by atoms with Crippen LogP contribution in [0.2, 0.25) is 0 Å². The standard InChI is InChI=1S/C104H86N12/c1-101(2,3)75-54-73(55-76(62-75)102(4,5)6)99-112-98(113-100(114-99)74-56-77(103(7,8)9)63-78(57-74)104(10,11)12)72-47-53-91(116-87-41-29-27-39-81(87)83-60-71(46-52-89(83)116)97-110-94(67-34-22-16-23-35-67)107-95(111-97)68-36-24-17-25-37-68)85(61-72)84-58-69(64-42-48-79(105-13)49-43-64)44-50-90(84)115-86-40-28-26-38-80(86)82-59-70(45-51-88(82)115)96-108-92(65-30-18-14-19-31-65)106-93(109-96)66-32-20-15-21-33-66/h14-63H,1-12H3. The Morgan fingerprint density at radius 2 is 0.474 bits per heavy atom. The monoisotopic (exact) mass is 1500 g/mol. The molecule has 18 aromatic rings. The highest BCUT2D eigenvalue weighted by Crippen LogP contribution is 2.47. The van der Waals surface area contributed by atoms with Gasteiger partial charge < -0.3 is 9.13 Å². The van der Waals surface area contributed by atoms with E-state index >= 15 is 0 Å². The fourth-order valence-electron chi connectivity index (χ4n) is 15.6. The number of para-hydroxylation sites is 2. The van der Waals surface area contributed by atoms with Gasteiger partial charge in [-0.05, 0) is 158 Å². The molecule has 0 fully saturated rings. The first-order chi connectivity index (χ1) is 55.9. The predicted molar refractivity (Wildman–Crippen MR) is 476 cm³/mol. The highest BCUT2D eigenvalue weighted by molar-refractivity contribution is 6.13. The van der Waals surface area contributed by atoms with Crippen LogP contribution in [0, 0.1) is 6.57 Å². The first-order valence-electron chi connectivity index (χ1n) is 39.6. The number of aromatic nitrogens is 11. The molecule has 562 valence electrons. The van der Waals surface area contributed by atoms with Crippen LogP contribution in [0.4, 0.5) is 5.69 Å². The van der Waals surface area contributed by atoms with Crippen LogP contribution in [-0.2, 0) is 21.7 Å². The number of nitrogens with zero attached hydrogens (tertiary/aromatic N) is 12. The van der Waals surface area contributed by atoms with Crippen molar-refractivity contribution in [3.05, 3.63) is 337 Å². The number of rotatable bonds is 13. The van der Waals surface area contributed by atoms with E-state index in [0.29, 0.717) is 58.1 Å². The fraction of sp³-hybridized carbons (Fsp3) is 0.154. The normalized spacial score (nSPS) is 12.1. The molecule has 0 radical (unpaired) electrons. The van der Waals surface area contributed by atoms with Crippen LogP contribution in [0.25, 0.3) is 185 Å². The van der Waals surface area contributed by atoms with Gasteiger partial charge in [0.05, 0.1) is 40.0 Å². The topological polar surface area (TPSA) is 130 Å². The van der Waals surface area contributed by atoms with Crippen molar-refractivity contribution in [3.8, 4) is 136 Å². The molecule has 0 aliphatic heterocycles. The maximum atomic E-state index is 8.04. The average molecular weight is 1500 g/mol. The summed E-state index contributed by atoms with van der Waals surface area (Å²) >= 11 is 0. The van der Waals surface area contributed by atoms with Crippen LogP contribution in [0.15, 0.2) is 303 Å². The molecule has 0 saturated heterocycles. The zero-order valence-corrected chi connectivity index (χ0v) is 67.2. The van der Waals surface area contributed by atoms with Gasteiger partial charge in [0.25, 0.3) is 0 Å². The van der Waals surface area contributed by atoms with E-state index in [1.807, 2.05) is 133 Å². The number of hydrogen-bond donors (Lipinski definition) is 0. The maximum absolute atomic E-state index is 8.04. The summed E-state index contributed by atoms with van der Waals surface area (Å²) in [6, 6.07) is 106. The molecule has 12 nitrogen and oxygen atoms in total. The molecule has 0 amide bonds.